The maximum atomic E-state index is 12.2. The summed E-state index contributed by atoms with van der Waals surface area (Å²) in [4.78, 5) is 22.7. The van der Waals surface area contributed by atoms with Crippen LogP contribution in [0.4, 0.5) is 5.69 Å². The summed E-state index contributed by atoms with van der Waals surface area (Å²) >= 11 is 0. The molecule has 1 aliphatic rings. The molecule has 0 aromatic heterocycles. The van der Waals surface area contributed by atoms with Crippen molar-refractivity contribution in [2.24, 2.45) is 0 Å². The van der Waals surface area contributed by atoms with Crippen molar-refractivity contribution in [1.82, 2.24) is 0 Å². The molecule has 0 saturated carbocycles. The fraction of sp³-hybridized carbons (Fsp3) is 0.190. The highest BCUT2D eigenvalue weighted by atomic mass is 16.6. The molecule has 26 heavy (non-hydrogen) atoms. The zero-order valence-electron chi connectivity index (χ0n) is 14.6. The van der Waals surface area contributed by atoms with Gasteiger partial charge in [-0.15, -0.1) is 0 Å². The van der Waals surface area contributed by atoms with Crippen LogP contribution in [0.15, 0.2) is 72.5 Å². The number of nitro groups is 1. The molecule has 1 heterocycles. The lowest BCUT2D eigenvalue weighted by Crippen LogP contribution is -2.20. The van der Waals surface area contributed by atoms with E-state index in [1.54, 1.807) is 19.1 Å². The maximum Gasteiger partial charge on any atom is 0.269 e. The predicted molar refractivity (Wildman–Crippen MR) is 99.6 cm³/mol. The third-order valence-corrected chi connectivity index (χ3v) is 4.63. The molecule has 1 aliphatic heterocycles. The van der Waals surface area contributed by atoms with E-state index in [1.165, 1.54) is 19.1 Å². The number of non-ortho nitro benzene ring substituents is 1. The lowest BCUT2D eigenvalue weighted by atomic mass is 9.81. The molecule has 2 aromatic rings. The van der Waals surface area contributed by atoms with Gasteiger partial charge in [-0.25, -0.2) is 0 Å². The molecular weight excluding hydrogens is 330 g/mol. The van der Waals surface area contributed by atoms with E-state index < -0.39 is 11.0 Å². The second-order valence-corrected chi connectivity index (χ2v) is 6.28. The molecule has 0 spiro atoms. The van der Waals surface area contributed by atoms with Gasteiger partial charge in [0.05, 0.1) is 10.8 Å². The van der Waals surface area contributed by atoms with Crippen molar-refractivity contribution in [2.45, 2.75) is 25.9 Å². The van der Waals surface area contributed by atoms with E-state index in [2.05, 4.69) is 6.58 Å². The molecule has 0 N–H and O–H groups in total. The summed E-state index contributed by atoms with van der Waals surface area (Å²) in [6, 6.07) is 15.9. The fourth-order valence-corrected chi connectivity index (χ4v) is 3.39. The molecule has 5 nitrogen and oxygen atoms in total. The summed E-state index contributed by atoms with van der Waals surface area (Å²) in [6.07, 6.45) is -0.433. The van der Waals surface area contributed by atoms with Gasteiger partial charge in [0.2, 0.25) is 0 Å². The van der Waals surface area contributed by atoms with Crippen molar-refractivity contribution in [2.75, 3.05) is 0 Å². The molecule has 0 aliphatic carbocycles. The number of nitro benzene ring substituents is 1. The molecule has 0 unspecified atom stereocenters. The van der Waals surface area contributed by atoms with E-state index in [0.29, 0.717) is 11.3 Å². The van der Waals surface area contributed by atoms with Crippen LogP contribution in [0.5, 0.6) is 0 Å². The Morgan fingerprint density at radius 2 is 1.73 bits per heavy atom. The minimum atomic E-state index is -0.442. The summed E-state index contributed by atoms with van der Waals surface area (Å²) in [5, 5.41) is 10.9. The number of ketones is 1. The third-order valence-electron chi connectivity index (χ3n) is 4.63. The second-order valence-electron chi connectivity index (χ2n) is 6.28. The lowest BCUT2D eigenvalue weighted by molar-refractivity contribution is -0.384. The Morgan fingerprint density at radius 1 is 1.12 bits per heavy atom. The zero-order chi connectivity index (χ0) is 18.8. The summed E-state index contributed by atoms with van der Waals surface area (Å²) in [7, 11) is 0. The molecule has 2 aromatic carbocycles. The zero-order valence-corrected chi connectivity index (χ0v) is 14.6. The van der Waals surface area contributed by atoms with Crippen LogP contribution >= 0.6 is 0 Å². The molecule has 0 radical (unpaired) electrons. The Kier molecular flexibility index (Phi) is 4.71. The third kappa shape index (κ3) is 3.16. The number of ether oxygens (including phenoxy) is 1. The minimum Gasteiger partial charge on any atom is -0.489 e. The number of Topliss-reactive ketones (excluding diaryl/α,β-unsaturated/α-hetero) is 1. The molecule has 0 fully saturated rings. The van der Waals surface area contributed by atoms with Crippen LogP contribution in [0, 0.1) is 10.1 Å². The van der Waals surface area contributed by atoms with Gasteiger partial charge >= 0.3 is 0 Å². The van der Waals surface area contributed by atoms with Crippen LogP contribution in [0.3, 0.4) is 0 Å². The fourth-order valence-electron chi connectivity index (χ4n) is 3.39. The Labute approximate surface area is 151 Å². The van der Waals surface area contributed by atoms with E-state index in [0.717, 1.165) is 16.7 Å². The Balaban J connectivity index is 2.04. The van der Waals surface area contributed by atoms with Gasteiger partial charge in [-0.3, -0.25) is 14.9 Å². The van der Waals surface area contributed by atoms with E-state index in [9.17, 15) is 14.9 Å². The first-order valence-electron chi connectivity index (χ1n) is 8.27. The number of hydrogen-bond donors (Lipinski definition) is 0. The first kappa shape index (κ1) is 17.6. The molecule has 0 bridgehead atoms. The second kappa shape index (κ2) is 6.96. The van der Waals surface area contributed by atoms with E-state index in [4.69, 9.17) is 4.74 Å². The average Bonchev–Trinajstić information content (AvgIpc) is 2.99. The van der Waals surface area contributed by atoms with Gasteiger partial charge in [0.1, 0.15) is 11.9 Å². The normalized spacial score (nSPS) is 19.2. The van der Waals surface area contributed by atoms with E-state index >= 15 is 0 Å². The first-order chi connectivity index (χ1) is 12.4. The molecule has 132 valence electrons. The van der Waals surface area contributed by atoms with Crippen molar-refractivity contribution < 1.29 is 14.5 Å². The highest BCUT2D eigenvalue weighted by Crippen LogP contribution is 2.44. The summed E-state index contributed by atoms with van der Waals surface area (Å²) in [6.45, 7) is 7.46. The number of carbonyl (C=O) groups is 1. The minimum absolute atomic E-state index is 0.0103. The Bertz CT molecular complexity index is 897. The average molecular weight is 349 g/mol. The Morgan fingerprint density at radius 3 is 2.27 bits per heavy atom. The van der Waals surface area contributed by atoms with Crippen molar-refractivity contribution in [3.05, 3.63) is 93.7 Å². The maximum absolute atomic E-state index is 12.2. The standard InChI is InChI=1S/C21H19NO4/c1-13(16-7-5-4-6-8-16)21-20(19(14(2)23)15(3)26-21)17-9-11-18(12-10-17)22(24)25/h4-12,20-21H,1H2,2-3H3/t20-,21+/m0/s1. The topological polar surface area (TPSA) is 69.4 Å². The highest BCUT2D eigenvalue weighted by Gasteiger charge is 2.40. The molecule has 2 atom stereocenters. The summed E-state index contributed by atoms with van der Waals surface area (Å²) in [5.74, 6) is 0.151. The van der Waals surface area contributed by atoms with Gasteiger partial charge in [0.15, 0.2) is 5.78 Å². The largest absolute Gasteiger partial charge is 0.489 e. The van der Waals surface area contributed by atoms with Crippen molar-refractivity contribution in [1.29, 1.82) is 0 Å². The van der Waals surface area contributed by atoms with Crippen LogP contribution in [0.25, 0.3) is 5.57 Å². The smallest absolute Gasteiger partial charge is 0.269 e. The molecule has 0 saturated heterocycles. The van der Waals surface area contributed by atoms with Gasteiger partial charge in [-0.2, -0.15) is 0 Å². The van der Waals surface area contributed by atoms with E-state index in [-0.39, 0.29) is 17.4 Å². The highest BCUT2D eigenvalue weighted by molar-refractivity contribution is 5.97. The van der Waals surface area contributed by atoms with Crippen LogP contribution in [0.2, 0.25) is 0 Å². The van der Waals surface area contributed by atoms with Crippen LogP contribution in [-0.4, -0.2) is 16.8 Å². The van der Waals surface area contributed by atoms with Gasteiger partial charge in [0, 0.05) is 17.7 Å². The summed E-state index contributed by atoms with van der Waals surface area (Å²) < 4.78 is 6.02. The quantitative estimate of drug-likeness (QED) is 0.582. The van der Waals surface area contributed by atoms with Crippen molar-refractivity contribution >= 4 is 17.0 Å². The van der Waals surface area contributed by atoms with Gasteiger partial charge < -0.3 is 4.74 Å². The number of carbonyl (C=O) groups excluding carboxylic acids is 1. The molecule has 3 rings (SSSR count). The van der Waals surface area contributed by atoms with Crippen LogP contribution < -0.4 is 0 Å². The molecule has 5 heteroatoms. The van der Waals surface area contributed by atoms with Crippen molar-refractivity contribution in [3.8, 4) is 0 Å². The monoisotopic (exact) mass is 349 g/mol. The number of allylic oxidation sites excluding steroid dienone is 1. The SMILES string of the molecule is C=C(c1ccccc1)[C@H]1OC(C)=C(C(C)=O)[C@@H]1c1ccc([N+](=O)[O-])cc1. The summed E-state index contributed by atoms with van der Waals surface area (Å²) in [5.41, 5.74) is 3.09. The number of rotatable bonds is 5. The van der Waals surface area contributed by atoms with Gasteiger partial charge in [-0.05, 0) is 30.5 Å². The van der Waals surface area contributed by atoms with Crippen LogP contribution in [-0.2, 0) is 9.53 Å². The first-order valence-corrected chi connectivity index (χ1v) is 8.27. The van der Waals surface area contributed by atoms with Crippen LogP contribution in [0.1, 0.15) is 30.9 Å². The van der Waals surface area contributed by atoms with Gasteiger partial charge in [-0.1, -0.05) is 49.0 Å². The number of benzene rings is 2. The molecular formula is C21H19NO4. The van der Waals surface area contributed by atoms with Crippen molar-refractivity contribution in [3.63, 3.8) is 0 Å². The van der Waals surface area contributed by atoms with Gasteiger partial charge in [0.25, 0.3) is 5.69 Å². The van der Waals surface area contributed by atoms with E-state index in [1.807, 2.05) is 30.3 Å². The Hall–Kier alpha value is -3.21. The lowest BCUT2D eigenvalue weighted by Gasteiger charge is -2.23. The molecule has 0 amide bonds. The number of hydrogen-bond acceptors (Lipinski definition) is 4. The predicted octanol–water partition coefficient (Wildman–Crippen LogP) is 4.65. The number of nitrogens with zero attached hydrogens (tertiary/aromatic N) is 1.